The summed E-state index contributed by atoms with van der Waals surface area (Å²) in [4.78, 5) is 21.9. The molecule has 0 radical (unpaired) electrons. The summed E-state index contributed by atoms with van der Waals surface area (Å²) in [5.74, 6) is -2.30. The van der Waals surface area contributed by atoms with Crippen molar-refractivity contribution in [3.8, 4) is 0 Å². The van der Waals surface area contributed by atoms with Crippen LogP contribution in [0.25, 0.3) is 0 Å². The molecule has 1 rings (SSSR count). The van der Waals surface area contributed by atoms with Crippen LogP contribution in [0.2, 0.25) is 0 Å². The SMILES string of the molecule is CNCCC(=O)Nc1ccc(C(=O)O)cc1F. The Hall–Kier alpha value is -1.95. The molecule has 0 saturated heterocycles. The average Bonchev–Trinajstić information content (AvgIpc) is 2.28. The average molecular weight is 240 g/mol. The summed E-state index contributed by atoms with van der Waals surface area (Å²) in [7, 11) is 1.70. The van der Waals surface area contributed by atoms with Crippen LogP contribution in [0, 0.1) is 5.82 Å². The first-order valence-corrected chi connectivity index (χ1v) is 5.02. The van der Waals surface area contributed by atoms with E-state index < -0.39 is 11.8 Å². The van der Waals surface area contributed by atoms with Gasteiger partial charge in [0.05, 0.1) is 11.3 Å². The number of aromatic carboxylic acids is 1. The van der Waals surface area contributed by atoms with E-state index in [4.69, 9.17) is 5.11 Å². The van der Waals surface area contributed by atoms with Crippen LogP contribution in [0.5, 0.6) is 0 Å². The molecule has 0 fully saturated rings. The number of rotatable bonds is 5. The maximum absolute atomic E-state index is 13.4. The third-order valence-electron chi connectivity index (χ3n) is 2.09. The molecule has 0 spiro atoms. The Morgan fingerprint density at radius 2 is 2.12 bits per heavy atom. The van der Waals surface area contributed by atoms with Crippen LogP contribution in [0.4, 0.5) is 10.1 Å². The van der Waals surface area contributed by atoms with Crippen LogP contribution in [0.15, 0.2) is 18.2 Å². The highest BCUT2D eigenvalue weighted by molar-refractivity contribution is 5.92. The van der Waals surface area contributed by atoms with Gasteiger partial charge in [-0.25, -0.2) is 9.18 Å². The number of amides is 1. The Balaban J connectivity index is 2.72. The van der Waals surface area contributed by atoms with E-state index in [-0.39, 0.29) is 23.6 Å². The van der Waals surface area contributed by atoms with Gasteiger partial charge in [0.15, 0.2) is 0 Å². The van der Waals surface area contributed by atoms with Crippen molar-refractivity contribution in [3.05, 3.63) is 29.6 Å². The Morgan fingerprint density at radius 3 is 2.65 bits per heavy atom. The highest BCUT2D eigenvalue weighted by atomic mass is 19.1. The maximum atomic E-state index is 13.4. The highest BCUT2D eigenvalue weighted by Gasteiger charge is 2.10. The number of anilines is 1. The van der Waals surface area contributed by atoms with Crippen molar-refractivity contribution in [2.24, 2.45) is 0 Å². The fourth-order valence-corrected chi connectivity index (χ4v) is 1.20. The molecule has 0 bridgehead atoms. The van der Waals surface area contributed by atoms with Gasteiger partial charge in [0.2, 0.25) is 5.91 Å². The van der Waals surface area contributed by atoms with Gasteiger partial charge in [0.25, 0.3) is 0 Å². The van der Waals surface area contributed by atoms with Crippen molar-refractivity contribution >= 4 is 17.6 Å². The first kappa shape index (κ1) is 13.1. The molecule has 3 N–H and O–H groups in total. The molecular weight excluding hydrogens is 227 g/mol. The molecule has 1 aromatic rings. The lowest BCUT2D eigenvalue weighted by molar-refractivity contribution is -0.116. The minimum Gasteiger partial charge on any atom is -0.478 e. The summed E-state index contributed by atoms with van der Waals surface area (Å²) < 4.78 is 13.4. The molecule has 17 heavy (non-hydrogen) atoms. The quantitative estimate of drug-likeness (QED) is 0.719. The van der Waals surface area contributed by atoms with E-state index in [1.165, 1.54) is 12.1 Å². The predicted octanol–water partition coefficient (Wildman–Crippen LogP) is 1.07. The van der Waals surface area contributed by atoms with E-state index in [9.17, 15) is 14.0 Å². The third-order valence-corrected chi connectivity index (χ3v) is 2.09. The zero-order chi connectivity index (χ0) is 12.8. The fraction of sp³-hybridized carbons (Fsp3) is 0.273. The van der Waals surface area contributed by atoms with E-state index in [1.807, 2.05) is 0 Å². The summed E-state index contributed by atoms with van der Waals surface area (Å²) in [6.45, 7) is 0.487. The largest absolute Gasteiger partial charge is 0.478 e. The second-order valence-corrected chi connectivity index (χ2v) is 3.40. The first-order chi connectivity index (χ1) is 8.04. The topological polar surface area (TPSA) is 78.4 Å². The van der Waals surface area contributed by atoms with Crippen LogP contribution in [0.3, 0.4) is 0 Å². The van der Waals surface area contributed by atoms with E-state index in [1.54, 1.807) is 7.05 Å². The van der Waals surface area contributed by atoms with Crippen LogP contribution in [0.1, 0.15) is 16.8 Å². The molecule has 0 unspecified atom stereocenters. The van der Waals surface area contributed by atoms with Crippen LogP contribution < -0.4 is 10.6 Å². The predicted molar refractivity (Wildman–Crippen MR) is 60.5 cm³/mol. The summed E-state index contributed by atoms with van der Waals surface area (Å²) in [6.07, 6.45) is 0.219. The Kier molecular flexibility index (Phi) is 4.59. The molecule has 0 aliphatic heterocycles. The second kappa shape index (κ2) is 5.95. The molecule has 0 aliphatic rings. The van der Waals surface area contributed by atoms with Gasteiger partial charge in [-0.05, 0) is 25.2 Å². The molecule has 1 amide bonds. The van der Waals surface area contributed by atoms with Crippen molar-refractivity contribution in [1.29, 1.82) is 0 Å². The molecule has 0 aromatic heterocycles. The van der Waals surface area contributed by atoms with Gasteiger partial charge >= 0.3 is 5.97 Å². The van der Waals surface area contributed by atoms with Crippen LogP contribution in [-0.4, -0.2) is 30.6 Å². The van der Waals surface area contributed by atoms with Crippen molar-refractivity contribution in [3.63, 3.8) is 0 Å². The van der Waals surface area contributed by atoms with Crippen molar-refractivity contribution < 1.29 is 19.1 Å². The molecular formula is C11H13FN2O3. The van der Waals surface area contributed by atoms with Crippen molar-refractivity contribution in [2.75, 3.05) is 18.9 Å². The van der Waals surface area contributed by atoms with Gasteiger partial charge in [-0.1, -0.05) is 0 Å². The number of benzene rings is 1. The minimum atomic E-state index is -1.21. The molecule has 0 atom stereocenters. The van der Waals surface area contributed by atoms with E-state index in [0.29, 0.717) is 6.54 Å². The number of carbonyl (C=O) groups excluding carboxylic acids is 1. The molecule has 0 aliphatic carbocycles. The Bertz CT molecular complexity index is 435. The number of carboxylic acid groups (broad SMARTS) is 1. The lowest BCUT2D eigenvalue weighted by Gasteiger charge is -2.06. The Labute approximate surface area is 97.6 Å². The lowest BCUT2D eigenvalue weighted by Crippen LogP contribution is -2.19. The van der Waals surface area contributed by atoms with Gasteiger partial charge in [-0.15, -0.1) is 0 Å². The molecule has 0 saturated carbocycles. The number of carboxylic acids is 1. The van der Waals surface area contributed by atoms with Gasteiger partial charge in [0.1, 0.15) is 5.82 Å². The number of carbonyl (C=O) groups is 2. The number of hydrogen-bond acceptors (Lipinski definition) is 3. The summed E-state index contributed by atoms with van der Waals surface area (Å²) in [5.41, 5.74) is -0.174. The van der Waals surface area contributed by atoms with Crippen LogP contribution in [-0.2, 0) is 4.79 Å². The number of halogens is 1. The standard InChI is InChI=1S/C11H13FN2O3/c1-13-5-4-10(15)14-9-3-2-7(11(16)17)6-8(9)12/h2-3,6,13H,4-5H2,1H3,(H,14,15)(H,16,17). The third kappa shape index (κ3) is 3.84. The summed E-state index contributed by atoms with van der Waals surface area (Å²) in [5, 5.41) is 13.8. The fourth-order valence-electron chi connectivity index (χ4n) is 1.20. The summed E-state index contributed by atoms with van der Waals surface area (Å²) >= 11 is 0. The monoisotopic (exact) mass is 240 g/mol. The molecule has 92 valence electrons. The van der Waals surface area contributed by atoms with Gasteiger partial charge in [0, 0.05) is 13.0 Å². The smallest absolute Gasteiger partial charge is 0.335 e. The highest BCUT2D eigenvalue weighted by Crippen LogP contribution is 2.15. The maximum Gasteiger partial charge on any atom is 0.335 e. The van der Waals surface area contributed by atoms with Gasteiger partial charge in [-0.2, -0.15) is 0 Å². The molecule has 0 heterocycles. The summed E-state index contributed by atoms with van der Waals surface area (Å²) in [6, 6.07) is 3.34. The lowest BCUT2D eigenvalue weighted by atomic mass is 10.2. The normalized spacial score (nSPS) is 10.0. The molecule has 5 nitrogen and oxygen atoms in total. The number of nitrogens with one attached hydrogen (secondary N) is 2. The number of hydrogen-bond donors (Lipinski definition) is 3. The van der Waals surface area contributed by atoms with E-state index in [0.717, 1.165) is 6.07 Å². The van der Waals surface area contributed by atoms with E-state index >= 15 is 0 Å². The Morgan fingerprint density at radius 1 is 1.41 bits per heavy atom. The zero-order valence-electron chi connectivity index (χ0n) is 9.29. The molecule has 6 heteroatoms. The van der Waals surface area contributed by atoms with Crippen molar-refractivity contribution in [2.45, 2.75) is 6.42 Å². The van der Waals surface area contributed by atoms with Gasteiger partial charge in [-0.3, -0.25) is 4.79 Å². The second-order valence-electron chi connectivity index (χ2n) is 3.40. The van der Waals surface area contributed by atoms with Crippen LogP contribution >= 0.6 is 0 Å². The first-order valence-electron chi connectivity index (χ1n) is 5.02. The van der Waals surface area contributed by atoms with E-state index in [2.05, 4.69) is 10.6 Å². The van der Waals surface area contributed by atoms with Gasteiger partial charge < -0.3 is 15.7 Å². The van der Waals surface area contributed by atoms with Crippen molar-refractivity contribution in [1.82, 2.24) is 5.32 Å². The zero-order valence-corrected chi connectivity index (χ0v) is 9.29. The minimum absolute atomic E-state index is 0.0175. The molecule has 1 aromatic carbocycles.